The van der Waals surface area contributed by atoms with Gasteiger partial charge in [0.05, 0.1) is 35.2 Å². The zero-order chi connectivity index (χ0) is 51.4. The highest BCUT2D eigenvalue weighted by atomic mass is 16.6. The molecule has 0 bridgehead atoms. The van der Waals surface area contributed by atoms with Crippen LogP contribution >= 0.6 is 0 Å². The highest BCUT2D eigenvalue weighted by Crippen LogP contribution is 2.66. The number of carbonyl (C=O) groups is 4. The summed E-state index contributed by atoms with van der Waals surface area (Å²) in [5, 5.41) is 33.2. The Labute approximate surface area is 430 Å². The molecule has 4 fully saturated rings. The van der Waals surface area contributed by atoms with E-state index in [1.807, 2.05) is 71.6 Å². The number of anilines is 1. The Morgan fingerprint density at radius 1 is 0.757 bits per heavy atom. The van der Waals surface area contributed by atoms with Gasteiger partial charge in [-0.05, 0) is 109 Å². The number of fused-ring (bicyclic) bond motifs is 3. The van der Waals surface area contributed by atoms with Crippen molar-refractivity contribution in [2.45, 2.75) is 112 Å². The van der Waals surface area contributed by atoms with E-state index in [1.54, 1.807) is 41.3 Å². The molecule has 3 amide bonds. The first-order valence-corrected chi connectivity index (χ1v) is 25.9. The molecule has 382 valence electrons. The van der Waals surface area contributed by atoms with Gasteiger partial charge < -0.3 is 29.3 Å². The standard InChI is InChI=1S/C59H60N4O11/c64-35-36-72-46-22-16-21-44(38-46)53-59(49(54(65)60-33-14-4-1-5-15-34-60)51-55(66)74-52(43-19-10-7-11-20-43)50(62(51)53)42-17-8-6-9-18-42)47-37-40(29-32-58(69)30-12-2-3-13-31-58)25-28-48(47)61(56(59)67)57(68)73-39-41-23-26-45(27-24-41)63(70)71/h6-11,16-28,37-38,49-53,64,69H,1-5,12-15,30-31,33-36,39H2. The van der Waals surface area contributed by atoms with E-state index in [0.717, 1.165) is 55.4 Å². The van der Waals surface area contributed by atoms with Crippen LogP contribution in [0.15, 0.2) is 127 Å². The Morgan fingerprint density at radius 2 is 1.41 bits per heavy atom. The lowest BCUT2D eigenvalue weighted by atomic mass is 9.64. The molecule has 5 aromatic rings. The van der Waals surface area contributed by atoms with Crippen molar-refractivity contribution in [3.05, 3.63) is 171 Å². The molecule has 5 aromatic carbocycles. The third kappa shape index (κ3) is 9.54. The fraction of sp³-hybridized carbons (Fsp3) is 0.390. The molecule has 4 aliphatic heterocycles. The number of hydrogen-bond acceptors (Lipinski definition) is 12. The smallest absolute Gasteiger partial charge is 0.421 e. The van der Waals surface area contributed by atoms with Crippen LogP contribution in [0, 0.1) is 27.9 Å². The minimum Gasteiger partial charge on any atom is -0.491 e. The van der Waals surface area contributed by atoms with Crippen LogP contribution in [0.4, 0.5) is 16.2 Å². The minimum absolute atomic E-state index is 0.0404. The summed E-state index contributed by atoms with van der Waals surface area (Å²) >= 11 is 0. The van der Waals surface area contributed by atoms with Crippen molar-refractivity contribution in [3.8, 4) is 17.6 Å². The number of likely N-dealkylation sites (tertiary alicyclic amines) is 1. The number of cyclic esters (lactones) is 1. The predicted molar refractivity (Wildman–Crippen MR) is 273 cm³/mol. The molecule has 4 heterocycles. The van der Waals surface area contributed by atoms with Gasteiger partial charge >= 0.3 is 12.1 Å². The summed E-state index contributed by atoms with van der Waals surface area (Å²) < 4.78 is 18.7. The van der Waals surface area contributed by atoms with Crippen molar-refractivity contribution in [3.63, 3.8) is 0 Å². The van der Waals surface area contributed by atoms with Gasteiger partial charge in [0.25, 0.3) is 5.69 Å². The van der Waals surface area contributed by atoms with Crippen molar-refractivity contribution >= 4 is 35.3 Å². The Bertz CT molecular complexity index is 2940. The van der Waals surface area contributed by atoms with Gasteiger partial charge in [-0.3, -0.25) is 29.4 Å². The van der Waals surface area contributed by atoms with E-state index in [1.165, 1.54) is 24.3 Å². The maximum Gasteiger partial charge on any atom is 0.421 e. The number of aliphatic hydroxyl groups excluding tert-OH is 1. The predicted octanol–water partition coefficient (Wildman–Crippen LogP) is 9.20. The highest BCUT2D eigenvalue weighted by molar-refractivity contribution is 6.23. The van der Waals surface area contributed by atoms with Crippen LogP contribution in [0.5, 0.6) is 5.75 Å². The first-order chi connectivity index (χ1) is 36.0. The van der Waals surface area contributed by atoms with Gasteiger partial charge in [-0.25, -0.2) is 9.69 Å². The summed E-state index contributed by atoms with van der Waals surface area (Å²) in [4.78, 5) is 79.5. The Hall–Kier alpha value is -7.38. The van der Waals surface area contributed by atoms with Crippen molar-refractivity contribution in [2.24, 2.45) is 5.92 Å². The van der Waals surface area contributed by atoms with Gasteiger partial charge in [0.15, 0.2) is 0 Å². The molecule has 6 atom stereocenters. The van der Waals surface area contributed by atoms with Gasteiger partial charge in [0.2, 0.25) is 11.8 Å². The highest BCUT2D eigenvalue weighted by Gasteiger charge is 2.76. The van der Waals surface area contributed by atoms with Crippen LogP contribution in [-0.2, 0) is 35.9 Å². The van der Waals surface area contributed by atoms with Gasteiger partial charge in [-0.2, -0.15) is 0 Å². The molecule has 10 rings (SSSR count). The fourth-order valence-corrected chi connectivity index (χ4v) is 12.1. The molecule has 1 spiro atoms. The topological polar surface area (TPSA) is 189 Å². The van der Waals surface area contributed by atoms with Crippen LogP contribution in [0.3, 0.4) is 0 Å². The number of benzene rings is 5. The van der Waals surface area contributed by atoms with Crippen LogP contribution in [0.1, 0.15) is 122 Å². The molecule has 0 aromatic heterocycles. The molecule has 15 nitrogen and oxygen atoms in total. The lowest BCUT2D eigenvalue weighted by Gasteiger charge is -2.46. The zero-order valence-corrected chi connectivity index (χ0v) is 41.2. The number of esters is 1. The quantitative estimate of drug-likeness (QED) is 0.0444. The monoisotopic (exact) mass is 1000 g/mol. The first kappa shape index (κ1) is 50.2. The number of rotatable bonds is 10. The number of ether oxygens (including phenoxy) is 3. The fourth-order valence-electron chi connectivity index (χ4n) is 12.1. The molecule has 6 unspecified atom stereocenters. The van der Waals surface area contributed by atoms with Crippen LogP contribution in [0.2, 0.25) is 0 Å². The van der Waals surface area contributed by atoms with E-state index >= 15 is 19.2 Å². The maximum atomic E-state index is 16.8. The van der Waals surface area contributed by atoms with Crippen LogP contribution < -0.4 is 9.64 Å². The summed E-state index contributed by atoms with van der Waals surface area (Å²) in [6.45, 7) is 0.0825. The zero-order valence-electron chi connectivity index (χ0n) is 41.2. The first-order valence-electron chi connectivity index (χ1n) is 25.9. The van der Waals surface area contributed by atoms with Crippen molar-refractivity contribution in [1.82, 2.24) is 9.80 Å². The number of non-ortho nitro benzene ring substituents is 1. The summed E-state index contributed by atoms with van der Waals surface area (Å²) in [7, 11) is 0. The molecule has 2 N–H and O–H groups in total. The van der Waals surface area contributed by atoms with E-state index in [-0.39, 0.29) is 36.8 Å². The second-order valence-corrected chi connectivity index (χ2v) is 20.0. The number of imide groups is 1. The molecule has 74 heavy (non-hydrogen) atoms. The SMILES string of the molecule is O=C1OC(c2ccccc2)C(c2ccccc2)N2C1C(C(=O)N1CCCCCCC1)C1(C(=O)N(C(=O)OCc3ccc([N+](=O)[O-])cc3)c3ccc(C#CC4(O)CCCCCC4)cc31)C2c1cccc(OCCO)c1. The normalized spacial score (nSPS) is 24.5. The van der Waals surface area contributed by atoms with Crippen molar-refractivity contribution in [1.29, 1.82) is 0 Å². The lowest BCUT2D eigenvalue weighted by molar-refractivity contribution is -0.384. The molecule has 15 heteroatoms. The van der Waals surface area contributed by atoms with Gasteiger partial charge in [-0.15, -0.1) is 0 Å². The van der Waals surface area contributed by atoms with Gasteiger partial charge in [0.1, 0.15) is 42.1 Å². The minimum atomic E-state index is -2.09. The summed E-state index contributed by atoms with van der Waals surface area (Å²) in [5.41, 5.74) is -0.361. The van der Waals surface area contributed by atoms with Crippen LogP contribution in [0.25, 0.3) is 0 Å². The summed E-state index contributed by atoms with van der Waals surface area (Å²) in [5.74, 6) is 3.31. The number of hydrogen-bond donors (Lipinski definition) is 2. The van der Waals surface area contributed by atoms with Crippen molar-refractivity contribution < 1.29 is 48.5 Å². The average molecular weight is 1000 g/mol. The number of morpholine rings is 1. The molecular formula is C59H60N4O11. The molecule has 1 aliphatic carbocycles. The Balaban J connectivity index is 1.24. The summed E-state index contributed by atoms with van der Waals surface area (Å²) in [6, 6.07) is 33.1. The number of nitro groups is 1. The summed E-state index contributed by atoms with van der Waals surface area (Å²) in [6.07, 6.45) is 6.77. The molecule has 0 radical (unpaired) electrons. The van der Waals surface area contributed by atoms with E-state index in [9.17, 15) is 20.3 Å². The van der Waals surface area contributed by atoms with E-state index in [4.69, 9.17) is 14.2 Å². The Kier molecular flexibility index (Phi) is 14.6. The number of nitro benzene ring substituents is 1. The number of aliphatic hydroxyl groups is 2. The molecule has 1 saturated carbocycles. The van der Waals surface area contributed by atoms with E-state index < -0.39 is 70.0 Å². The molecular weight excluding hydrogens is 941 g/mol. The molecule has 5 aliphatic rings. The number of nitrogens with zero attached hydrogens (tertiary/aromatic N) is 4. The van der Waals surface area contributed by atoms with E-state index in [0.29, 0.717) is 66.8 Å². The second-order valence-electron chi connectivity index (χ2n) is 20.0. The lowest BCUT2D eigenvalue weighted by Crippen LogP contribution is -2.56. The third-order valence-corrected chi connectivity index (χ3v) is 15.5. The number of carbonyl (C=O) groups excluding carboxylic acids is 4. The maximum absolute atomic E-state index is 16.8. The van der Waals surface area contributed by atoms with Gasteiger partial charge in [-0.1, -0.05) is 117 Å². The number of amides is 3. The van der Waals surface area contributed by atoms with E-state index in [2.05, 4.69) is 11.8 Å². The van der Waals surface area contributed by atoms with Crippen LogP contribution in [-0.4, -0.2) is 86.8 Å². The third-order valence-electron chi connectivity index (χ3n) is 15.5. The van der Waals surface area contributed by atoms with Gasteiger partial charge in [0, 0.05) is 30.8 Å². The molecule has 3 saturated heterocycles. The average Bonchev–Trinajstić information content (AvgIpc) is 3.84. The second kappa shape index (κ2) is 21.6. The van der Waals surface area contributed by atoms with Crippen molar-refractivity contribution in [2.75, 3.05) is 31.2 Å². The largest absolute Gasteiger partial charge is 0.491 e. The Morgan fingerprint density at radius 3 is 2.08 bits per heavy atom.